The van der Waals surface area contributed by atoms with E-state index >= 15 is 0 Å². The van der Waals surface area contributed by atoms with Gasteiger partial charge in [-0.3, -0.25) is 9.69 Å². The molecule has 0 spiro atoms. The van der Waals surface area contributed by atoms with Crippen LogP contribution in [-0.2, 0) is 9.53 Å². The maximum absolute atomic E-state index is 11.5. The van der Waals surface area contributed by atoms with Gasteiger partial charge in [-0.1, -0.05) is 6.92 Å². The fourth-order valence-corrected chi connectivity index (χ4v) is 2.15. The molecular weight excluding hydrogens is 180 g/mol. The van der Waals surface area contributed by atoms with E-state index in [1.54, 1.807) is 0 Å². The van der Waals surface area contributed by atoms with Gasteiger partial charge < -0.3 is 10.1 Å². The first-order valence-electron chi connectivity index (χ1n) is 5.46. The molecule has 0 aromatic rings. The van der Waals surface area contributed by atoms with Gasteiger partial charge in [-0.15, -0.1) is 0 Å². The molecule has 1 N–H and O–H groups in total. The standard InChI is InChI=1S/C10H18N2O2/c1-2-4-12(8-6-11-7-8)9-3-5-14-10(9)13/h8-9,11H,2-7H2,1H3. The second-order valence-electron chi connectivity index (χ2n) is 4.02. The largest absolute Gasteiger partial charge is 0.464 e. The molecule has 0 bridgehead atoms. The SMILES string of the molecule is CCCN(C1CNC1)C1CCOC1=O. The lowest BCUT2D eigenvalue weighted by Gasteiger charge is -2.40. The Morgan fingerprint density at radius 2 is 2.36 bits per heavy atom. The number of rotatable bonds is 4. The van der Waals surface area contributed by atoms with Gasteiger partial charge >= 0.3 is 5.97 Å². The van der Waals surface area contributed by atoms with Crippen LogP contribution in [0, 0.1) is 0 Å². The molecule has 0 aromatic heterocycles. The normalized spacial score (nSPS) is 27.9. The molecule has 2 aliphatic heterocycles. The van der Waals surface area contributed by atoms with E-state index in [-0.39, 0.29) is 12.0 Å². The van der Waals surface area contributed by atoms with E-state index in [0.717, 1.165) is 32.5 Å². The minimum absolute atomic E-state index is 0.0228. The van der Waals surface area contributed by atoms with Crippen molar-refractivity contribution in [3.63, 3.8) is 0 Å². The number of cyclic esters (lactones) is 1. The Morgan fingerprint density at radius 1 is 1.57 bits per heavy atom. The van der Waals surface area contributed by atoms with Crippen LogP contribution in [-0.4, -0.2) is 49.2 Å². The summed E-state index contributed by atoms with van der Waals surface area (Å²) in [6, 6.07) is 0.577. The number of carbonyl (C=O) groups is 1. The molecule has 0 amide bonds. The zero-order chi connectivity index (χ0) is 9.97. The Labute approximate surface area is 84.6 Å². The fraction of sp³-hybridized carbons (Fsp3) is 0.900. The average molecular weight is 198 g/mol. The highest BCUT2D eigenvalue weighted by Gasteiger charge is 2.37. The molecule has 0 aliphatic carbocycles. The first-order chi connectivity index (χ1) is 6.83. The molecular formula is C10H18N2O2. The van der Waals surface area contributed by atoms with E-state index in [0.29, 0.717) is 12.6 Å². The molecule has 14 heavy (non-hydrogen) atoms. The summed E-state index contributed by atoms with van der Waals surface area (Å²) in [4.78, 5) is 13.8. The minimum Gasteiger partial charge on any atom is -0.464 e. The lowest BCUT2D eigenvalue weighted by Crippen LogP contribution is -2.60. The topological polar surface area (TPSA) is 41.6 Å². The van der Waals surface area contributed by atoms with Gasteiger partial charge in [-0.05, 0) is 13.0 Å². The number of hydrogen-bond donors (Lipinski definition) is 1. The van der Waals surface area contributed by atoms with Gasteiger partial charge in [0.25, 0.3) is 0 Å². The van der Waals surface area contributed by atoms with Crippen LogP contribution in [0.25, 0.3) is 0 Å². The number of ether oxygens (including phenoxy) is 1. The van der Waals surface area contributed by atoms with E-state index in [1.807, 2.05) is 0 Å². The van der Waals surface area contributed by atoms with Gasteiger partial charge in [0.1, 0.15) is 6.04 Å². The molecule has 2 saturated heterocycles. The van der Waals surface area contributed by atoms with E-state index in [9.17, 15) is 4.79 Å². The van der Waals surface area contributed by atoms with Crippen molar-refractivity contribution in [3.05, 3.63) is 0 Å². The van der Waals surface area contributed by atoms with E-state index < -0.39 is 0 Å². The predicted molar refractivity (Wildman–Crippen MR) is 53.0 cm³/mol. The summed E-state index contributed by atoms with van der Waals surface area (Å²) < 4.78 is 5.01. The molecule has 2 heterocycles. The third-order valence-corrected chi connectivity index (χ3v) is 3.02. The summed E-state index contributed by atoms with van der Waals surface area (Å²) in [7, 11) is 0. The number of hydrogen-bond acceptors (Lipinski definition) is 4. The number of carbonyl (C=O) groups excluding carboxylic acids is 1. The van der Waals surface area contributed by atoms with Crippen LogP contribution in [0.4, 0.5) is 0 Å². The van der Waals surface area contributed by atoms with Gasteiger partial charge in [-0.25, -0.2) is 0 Å². The molecule has 4 heteroatoms. The molecule has 2 rings (SSSR count). The number of nitrogens with zero attached hydrogens (tertiary/aromatic N) is 1. The Hall–Kier alpha value is -0.610. The Bertz CT molecular complexity index is 216. The van der Waals surface area contributed by atoms with Crippen molar-refractivity contribution in [2.75, 3.05) is 26.2 Å². The van der Waals surface area contributed by atoms with E-state index in [4.69, 9.17) is 4.74 Å². The smallest absolute Gasteiger partial charge is 0.323 e. The summed E-state index contributed by atoms with van der Waals surface area (Å²) in [5, 5.41) is 3.24. The summed E-state index contributed by atoms with van der Waals surface area (Å²) in [6.07, 6.45) is 1.97. The highest BCUT2D eigenvalue weighted by Crippen LogP contribution is 2.19. The molecule has 0 aromatic carbocycles. The van der Waals surface area contributed by atoms with Crippen LogP contribution in [0.1, 0.15) is 19.8 Å². The van der Waals surface area contributed by atoms with Crippen molar-refractivity contribution in [2.24, 2.45) is 0 Å². The molecule has 0 saturated carbocycles. The molecule has 1 unspecified atom stereocenters. The molecule has 80 valence electrons. The van der Waals surface area contributed by atoms with Gasteiger partial charge in [0.05, 0.1) is 6.61 Å². The van der Waals surface area contributed by atoms with Gasteiger partial charge in [-0.2, -0.15) is 0 Å². The summed E-state index contributed by atoms with van der Waals surface area (Å²) in [5.41, 5.74) is 0. The highest BCUT2D eigenvalue weighted by molar-refractivity contribution is 5.77. The lowest BCUT2D eigenvalue weighted by atomic mass is 10.1. The molecule has 0 radical (unpaired) electrons. The monoisotopic (exact) mass is 198 g/mol. The average Bonchev–Trinajstić information content (AvgIpc) is 2.47. The van der Waals surface area contributed by atoms with Crippen LogP contribution < -0.4 is 5.32 Å². The molecule has 2 aliphatic rings. The molecule has 4 nitrogen and oxygen atoms in total. The summed E-state index contributed by atoms with van der Waals surface area (Å²) >= 11 is 0. The zero-order valence-electron chi connectivity index (χ0n) is 8.66. The zero-order valence-corrected chi connectivity index (χ0v) is 8.66. The molecule has 1 atom stereocenters. The quantitative estimate of drug-likeness (QED) is 0.645. The first-order valence-corrected chi connectivity index (χ1v) is 5.46. The van der Waals surface area contributed by atoms with Crippen molar-refractivity contribution >= 4 is 5.97 Å². The van der Waals surface area contributed by atoms with Crippen molar-refractivity contribution in [1.82, 2.24) is 10.2 Å². The van der Waals surface area contributed by atoms with Crippen LogP contribution in [0.15, 0.2) is 0 Å². The maximum Gasteiger partial charge on any atom is 0.323 e. The van der Waals surface area contributed by atoms with Crippen LogP contribution in [0.5, 0.6) is 0 Å². The van der Waals surface area contributed by atoms with E-state index in [2.05, 4.69) is 17.1 Å². The second-order valence-corrected chi connectivity index (χ2v) is 4.02. The summed E-state index contributed by atoms with van der Waals surface area (Å²) in [5.74, 6) is -0.0228. The first kappa shape index (κ1) is 9.93. The fourth-order valence-electron chi connectivity index (χ4n) is 2.15. The van der Waals surface area contributed by atoms with Gasteiger partial charge in [0, 0.05) is 25.6 Å². The van der Waals surface area contributed by atoms with Crippen LogP contribution in [0.2, 0.25) is 0 Å². The van der Waals surface area contributed by atoms with Crippen molar-refractivity contribution in [1.29, 1.82) is 0 Å². The molecule has 2 fully saturated rings. The highest BCUT2D eigenvalue weighted by atomic mass is 16.5. The Morgan fingerprint density at radius 3 is 2.79 bits per heavy atom. The van der Waals surface area contributed by atoms with Crippen molar-refractivity contribution in [3.8, 4) is 0 Å². The van der Waals surface area contributed by atoms with Crippen LogP contribution in [0.3, 0.4) is 0 Å². The maximum atomic E-state index is 11.5. The Balaban J connectivity index is 1.97. The summed E-state index contributed by atoms with van der Waals surface area (Å²) in [6.45, 7) is 5.79. The number of nitrogens with one attached hydrogen (secondary N) is 1. The Kier molecular flexibility index (Phi) is 3.03. The van der Waals surface area contributed by atoms with Crippen molar-refractivity contribution < 1.29 is 9.53 Å². The second kappa shape index (κ2) is 4.28. The van der Waals surface area contributed by atoms with Crippen LogP contribution >= 0.6 is 0 Å². The van der Waals surface area contributed by atoms with Crippen molar-refractivity contribution in [2.45, 2.75) is 31.8 Å². The predicted octanol–water partition coefficient (Wildman–Crippen LogP) is -0.0143. The third kappa shape index (κ3) is 1.77. The van der Waals surface area contributed by atoms with Gasteiger partial charge in [0.15, 0.2) is 0 Å². The third-order valence-electron chi connectivity index (χ3n) is 3.02. The minimum atomic E-state index is -0.0228. The van der Waals surface area contributed by atoms with E-state index in [1.165, 1.54) is 0 Å². The lowest BCUT2D eigenvalue weighted by molar-refractivity contribution is -0.143. The van der Waals surface area contributed by atoms with Gasteiger partial charge in [0.2, 0.25) is 0 Å². The number of esters is 1.